The summed E-state index contributed by atoms with van der Waals surface area (Å²) in [4.78, 5) is 25.9. The number of hydrogen-bond donors (Lipinski definition) is 1. The summed E-state index contributed by atoms with van der Waals surface area (Å²) in [5.41, 5.74) is 1.35. The third-order valence-electron chi connectivity index (χ3n) is 5.56. The highest BCUT2D eigenvalue weighted by atomic mass is 19.1. The van der Waals surface area contributed by atoms with Gasteiger partial charge in [0, 0.05) is 32.0 Å². The van der Waals surface area contributed by atoms with E-state index in [0.29, 0.717) is 17.2 Å². The normalized spacial score (nSPS) is 15.6. The standard InChI is InChI=1S/C15H14FN5.C8H12N2O/c16-11-3-4-14-19-8-12(21(14)9-11)15-17-6-5-13(20-15)18-7-10-1-2-10;9-5-4-8(11)10-6-2-1-3-7-10/h3-6,8-10H,1-2,7H2,(H,17,18,20);1-4,6-7H2. The summed E-state index contributed by atoms with van der Waals surface area (Å²) < 4.78 is 15.1. The second kappa shape index (κ2) is 10.2. The van der Waals surface area contributed by atoms with Gasteiger partial charge in [0.25, 0.3) is 0 Å². The zero-order valence-electron chi connectivity index (χ0n) is 17.9. The summed E-state index contributed by atoms with van der Waals surface area (Å²) in [7, 11) is 0. The van der Waals surface area contributed by atoms with Gasteiger partial charge in [-0.2, -0.15) is 5.26 Å². The first-order chi connectivity index (χ1) is 15.6. The summed E-state index contributed by atoms with van der Waals surface area (Å²) in [6.07, 6.45) is 10.8. The second-order valence-electron chi connectivity index (χ2n) is 8.09. The molecule has 0 spiro atoms. The molecule has 0 atom stereocenters. The van der Waals surface area contributed by atoms with Gasteiger partial charge in [-0.25, -0.2) is 19.3 Å². The largest absolute Gasteiger partial charge is 0.370 e. The third kappa shape index (κ3) is 5.58. The van der Waals surface area contributed by atoms with Crippen molar-refractivity contribution in [2.24, 2.45) is 5.92 Å². The Morgan fingerprint density at radius 1 is 1.19 bits per heavy atom. The van der Waals surface area contributed by atoms with E-state index in [2.05, 4.69) is 20.3 Å². The van der Waals surface area contributed by atoms with Gasteiger partial charge in [0.15, 0.2) is 5.82 Å². The highest BCUT2D eigenvalue weighted by Crippen LogP contribution is 2.28. The lowest BCUT2D eigenvalue weighted by atomic mass is 10.1. The van der Waals surface area contributed by atoms with Gasteiger partial charge in [0.05, 0.1) is 12.3 Å². The molecule has 0 aromatic carbocycles. The quantitative estimate of drug-likeness (QED) is 0.657. The van der Waals surface area contributed by atoms with E-state index in [0.717, 1.165) is 44.2 Å². The van der Waals surface area contributed by atoms with Crippen molar-refractivity contribution < 1.29 is 9.18 Å². The molecule has 1 N–H and O–H groups in total. The zero-order chi connectivity index (χ0) is 22.3. The van der Waals surface area contributed by atoms with Crippen LogP contribution in [-0.4, -0.2) is 49.8 Å². The fourth-order valence-electron chi connectivity index (χ4n) is 3.59. The maximum absolute atomic E-state index is 13.4. The summed E-state index contributed by atoms with van der Waals surface area (Å²) in [6.45, 7) is 2.64. The van der Waals surface area contributed by atoms with Crippen LogP contribution in [0.5, 0.6) is 0 Å². The molecule has 2 aliphatic rings. The summed E-state index contributed by atoms with van der Waals surface area (Å²) in [5, 5.41) is 11.6. The van der Waals surface area contributed by atoms with Gasteiger partial charge in [-0.1, -0.05) is 0 Å². The molecular formula is C23H26FN7O. The number of pyridine rings is 1. The number of imidazole rings is 1. The fourth-order valence-corrected chi connectivity index (χ4v) is 3.59. The first kappa shape index (κ1) is 21.7. The molecule has 4 heterocycles. The van der Waals surface area contributed by atoms with Crippen molar-refractivity contribution in [1.29, 1.82) is 5.26 Å². The van der Waals surface area contributed by atoms with Gasteiger partial charge in [0.1, 0.15) is 29.4 Å². The van der Waals surface area contributed by atoms with Gasteiger partial charge in [-0.15, -0.1) is 0 Å². The van der Waals surface area contributed by atoms with Crippen molar-refractivity contribution in [2.75, 3.05) is 25.0 Å². The number of amides is 1. The molecule has 1 amide bonds. The van der Waals surface area contributed by atoms with Crippen LogP contribution in [0.2, 0.25) is 0 Å². The Hall–Kier alpha value is -3.54. The van der Waals surface area contributed by atoms with Crippen LogP contribution in [0.25, 0.3) is 17.2 Å². The average Bonchev–Trinajstić information content (AvgIpc) is 3.57. The van der Waals surface area contributed by atoms with E-state index >= 15 is 0 Å². The van der Waals surface area contributed by atoms with Crippen LogP contribution >= 0.6 is 0 Å². The summed E-state index contributed by atoms with van der Waals surface area (Å²) in [6, 6.07) is 6.74. The van der Waals surface area contributed by atoms with Gasteiger partial charge >= 0.3 is 0 Å². The highest BCUT2D eigenvalue weighted by Gasteiger charge is 2.21. The molecule has 3 aromatic heterocycles. The fraction of sp³-hybridized carbons (Fsp3) is 0.435. The molecule has 0 radical (unpaired) electrons. The Balaban J connectivity index is 0.000000189. The Morgan fingerprint density at radius 3 is 2.75 bits per heavy atom. The van der Waals surface area contributed by atoms with Gasteiger partial charge in [0.2, 0.25) is 5.91 Å². The van der Waals surface area contributed by atoms with Crippen molar-refractivity contribution in [1.82, 2.24) is 24.3 Å². The number of anilines is 1. The molecule has 0 unspecified atom stereocenters. The van der Waals surface area contributed by atoms with Crippen molar-refractivity contribution in [3.63, 3.8) is 0 Å². The number of fused-ring (bicyclic) bond motifs is 1. The lowest BCUT2D eigenvalue weighted by molar-refractivity contribution is -0.130. The monoisotopic (exact) mass is 435 g/mol. The lowest BCUT2D eigenvalue weighted by Crippen LogP contribution is -2.35. The molecule has 1 aliphatic carbocycles. The van der Waals surface area contributed by atoms with E-state index in [9.17, 15) is 9.18 Å². The third-order valence-corrected chi connectivity index (χ3v) is 5.56. The maximum atomic E-state index is 13.4. The SMILES string of the molecule is Fc1ccc2ncc(-c3nccc(NCC4CC4)n3)n2c1.N#CCC(=O)N1CCCCC1. The van der Waals surface area contributed by atoms with Crippen LogP contribution in [0, 0.1) is 23.1 Å². The minimum atomic E-state index is -0.315. The van der Waals surface area contributed by atoms with Crippen molar-refractivity contribution in [2.45, 2.75) is 38.5 Å². The topological polar surface area (TPSA) is 99.2 Å². The molecule has 0 bridgehead atoms. The van der Waals surface area contributed by atoms with Crippen LogP contribution in [0.3, 0.4) is 0 Å². The Bertz CT molecular complexity index is 1110. The van der Waals surface area contributed by atoms with Crippen LogP contribution in [0.4, 0.5) is 10.2 Å². The minimum Gasteiger partial charge on any atom is -0.370 e. The van der Waals surface area contributed by atoms with E-state index in [1.165, 1.54) is 31.5 Å². The molecule has 1 saturated carbocycles. The number of rotatable bonds is 5. The number of nitrogens with zero attached hydrogens (tertiary/aromatic N) is 6. The molecular weight excluding hydrogens is 409 g/mol. The smallest absolute Gasteiger partial charge is 0.236 e. The van der Waals surface area contributed by atoms with E-state index in [-0.39, 0.29) is 18.1 Å². The van der Waals surface area contributed by atoms with E-state index in [4.69, 9.17) is 5.26 Å². The predicted octanol–water partition coefficient (Wildman–Crippen LogP) is 3.66. The average molecular weight is 436 g/mol. The van der Waals surface area contributed by atoms with Crippen molar-refractivity contribution in [3.8, 4) is 17.6 Å². The van der Waals surface area contributed by atoms with Gasteiger partial charge < -0.3 is 10.2 Å². The Labute approximate surface area is 186 Å². The van der Waals surface area contributed by atoms with Crippen LogP contribution in [0.1, 0.15) is 38.5 Å². The Kier molecular flexibility index (Phi) is 6.90. The van der Waals surface area contributed by atoms with E-state index in [1.54, 1.807) is 27.8 Å². The minimum absolute atomic E-state index is 0.00722. The van der Waals surface area contributed by atoms with Crippen LogP contribution < -0.4 is 5.32 Å². The van der Waals surface area contributed by atoms with Crippen molar-refractivity contribution in [3.05, 3.63) is 42.6 Å². The molecule has 1 saturated heterocycles. The van der Waals surface area contributed by atoms with Gasteiger partial charge in [-0.05, 0) is 56.2 Å². The number of likely N-dealkylation sites (tertiary alicyclic amines) is 1. The molecule has 1 aliphatic heterocycles. The summed E-state index contributed by atoms with van der Waals surface area (Å²) in [5.74, 6) is 1.78. The molecule has 2 fully saturated rings. The molecule has 9 heteroatoms. The number of nitrogens with one attached hydrogen (secondary N) is 1. The lowest BCUT2D eigenvalue weighted by Gasteiger charge is -2.25. The number of carbonyl (C=O) groups excluding carboxylic acids is 1. The molecule has 166 valence electrons. The predicted molar refractivity (Wildman–Crippen MR) is 118 cm³/mol. The molecule has 8 nitrogen and oxygen atoms in total. The van der Waals surface area contributed by atoms with Crippen LogP contribution in [-0.2, 0) is 4.79 Å². The number of nitriles is 1. The number of carbonyl (C=O) groups is 1. The number of hydrogen-bond acceptors (Lipinski definition) is 6. The van der Waals surface area contributed by atoms with Crippen molar-refractivity contribution >= 4 is 17.4 Å². The highest BCUT2D eigenvalue weighted by molar-refractivity contribution is 5.78. The number of halogens is 1. The number of piperidine rings is 1. The summed E-state index contributed by atoms with van der Waals surface area (Å²) >= 11 is 0. The first-order valence-electron chi connectivity index (χ1n) is 11.0. The molecule has 32 heavy (non-hydrogen) atoms. The first-order valence-corrected chi connectivity index (χ1v) is 11.0. The second-order valence-corrected chi connectivity index (χ2v) is 8.09. The molecule has 3 aromatic rings. The van der Waals surface area contributed by atoms with Gasteiger partial charge in [-0.3, -0.25) is 9.20 Å². The number of aromatic nitrogens is 4. The van der Waals surface area contributed by atoms with Crippen LogP contribution in [0.15, 0.2) is 36.8 Å². The van der Waals surface area contributed by atoms with E-state index < -0.39 is 0 Å². The maximum Gasteiger partial charge on any atom is 0.236 e. The Morgan fingerprint density at radius 2 is 2.00 bits per heavy atom. The zero-order valence-corrected chi connectivity index (χ0v) is 17.9. The molecule has 5 rings (SSSR count). The van der Waals surface area contributed by atoms with E-state index in [1.807, 2.05) is 12.1 Å².